The molecule has 1 saturated heterocycles. The summed E-state index contributed by atoms with van der Waals surface area (Å²) in [6, 6.07) is 4.21. The fraction of sp³-hybridized carbons (Fsp3) is 0.474. The Morgan fingerprint density at radius 2 is 1.85 bits per heavy atom. The Labute approximate surface area is 155 Å². The quantitative estimate of drug-likeness (QED) is 0.626. The van der Waals surface area contributed by atoms with E-state index in [9.17, 15) is 23.6 Å². The van der Waals surface area contributed by atoms with Gasteiger partial charge in [0.05, 0.1) is 11.8 Å². The van der Waals surface area contributed by atoms with Gasteiger partial charge in [0.15, 0.2) is 6.61 Å². The average molecular weight is 376 g/mol. The number of amides is 3. The number of hydrogen-bond acceptors (Lipinski definition) is 5. The molecule has 0 radical (unpaired) electrons. The molecular weight excluding hydrogens is 355 g/mol. The van der Waals surface area contributed by atoms with Crippen LogP contribution in [0.25, 0.3) is 0 Å². The highest BCUT2D eigenvalue weighted by molar-refractivity contribution is 6.08. The lowest BCUT2D eigenvalue weighted by molar-refractivity contribution is -0.159. The molecule has 27 heavy (non-hydrogen) atoms. The number of carbonyl (C=O) groups excluding carboxylic acids is 4. The number of nitrogens with one attached hydrogen (secondary N) is 1. The van der Waals surface area contributed by atoms with Crippen LogP contribution in [-0.2, 0) is 23.9 Å². The molecule has 3 rings (SSSR count). The van der Waals surface area contributed by atoms with Gasteiger partial charge in [0.2, 0.25) is 11.8 Å². The molecule has 0 unspecified atom stereocenters. The third-order valence-corrected chi connectivity index (χ3v) is 5.06. The first-order valence-electron chi connectivity index (χ1n) is 8.97. The number of imide groups is 1. The summed E-state index contributed by atoms with van der Waals surface area (Å²) in [5.74, 6) is -3.35. The SMILES string of the molecule is C[C@@H](C(=O)OCC(=O)Nc1cccc(F)c1)N1C(=O)[C@H]2CCCC[C@H]2C1=O. The van der Waals surface area contributed by atoms with Crippen molar-refractivity contribution in [3.8, 4) is 0 Å². The lowest BCUT2D eigenvalue weighted by Gasteiger charge is -2.21. The van der Waals surface area contributed by atoms with Crippen molar-refractivity contribution < 1.29 is 28.3 Å². The molecule has 144 valence electrons. The second-order valence-corrected chi connectivity index (χ2v) is 6.89. The molecule has 7 nitrogen and oxygen atoms in total. The second-order valence-electron chi connectivity index (χ2n) is 6.89. The van der Waals surface area contributed by atoms with Crippen LogP contribution in [0.15, 0.2) is 24.3 Å². The van der Waals surface area contributed by atoms with Gasteiger partial charge in [0, 0.05) is 5.69 Å². The van der Waals surface area contributed by atoms with Crippen molar-refractivity contribution in [1.29, 1.82) is 0 Å². The molecule has 0 spiro atoms. The number of esters is 1. The Morgan fingerprint density at radius 3 is 2.44 bits per heavy atom. The van der Waals surface area contributed by atoms with Gasteiger partial charge in [0.25, 0.3) is 5.91 Å². The van der Waals surface area contributed by atoms with E-state index in [4.69, 9.17) is 4.74 Å². The molecule has 3 amide bonds. The van der Waals surface area contributed by atoms with E-state index < -0.39 is 30.3 Å². The van der Waals surface area contributed by atoms with Crippen LogP contribution in [-0.4, -0.2) is 41.2 Å². The summed E-state index contributed by atoms with van der Waals surface area (Å²) >= 11 is 0. The third-order valence-electron chi connectivity index (χ3n) is 5.06. The van der Waals surface area contributed by atoms with Crippen LogP contribution in [0.4, 0.5) is 10.1 Å². The van der Waals surface area contributed by atoms with Crippen molar-refractivity contribution in [2.75, 3.05) is 11.9 Å². The van der Waals surface area contributed by atoms with Crippen LogP contribution < -0.4 is 5.32 Å². The Kier molecular flexibility index (Phi) is 5.53. The fourth-order valence-electron chi connectivity index (χ4n) is 3.70. The summed E-state index contributed by atoms with van der Waals surface area (Å²) in [4.78, 5) is 50.0. The molecule has 3 atom stereocenters. The highest BCUT2D eigenvalue weighted by atomic mass is 19.1. The standard InChI is InChI=1S/C19H21FN2O5/c1-11(22-17(24)14-7-2-3-8-15(14)18(22)25)19(26)27-10-16(23)21-13-6-4-5-12(20)9-13/h4-6,9,11,14-15H,2-3,7-8,10H2,1H3,(H,21,23)/t11-,14-,15+/m0/s1. The summed E-state index contributed by atoms with van der Waals surface area (Å²) in [7, 11) is 0. The van der Waals surface area contributed by atoms with E-state index in [1.54, 1.807) is 0 Å². The Hall–Kier alpha value is -2.77. The molecule has 1 aliphatic heterocycles. The third kappa shape index (κ3) is 3.99. The molecule has 0 aromatic heterocycles. The maximum Gasteiger partial charge on any atom is 0.329 e. The first-order valence-corrected chi connectivity index (χ1v) is 8.97. The Bertz CT molecular complexity index is 757. The minimum absolute atomic E-state index is 0.234. The molecule has 1 saturated carbocycles. The minimum atomic E-state index is -1.09. The van der Waals surface area contributed by atoms with Gasteiger partial charge in [0.1, 0.15) is 11.9 Å². The molecule has 1 aromatic carbocycles. The smallest absolute Gasteiger partial charge is 0.329 e. The predicted octanol–water partition coefficient (Wildman–Crippen LogP) is 1.87. The van der Waals surface area contributed by atoms with E-state index in [0.717, 1.165) is 23.8 Å². The van der Waals surface area contributed by atoms with Gasteiger partial charge in [-0.2, -0.15) is 0 Å². The van der Waals surface area contributed by atoms with Crippen LogP contribution >= 0.6 is 0 Å². The zero-order valence-electron chi connectivity index (χ0n) is 14.9. The zero-order chi connectivity index (χ0) is 19.6. The van der Waals surface area contributed by atoms with Gasteiger partial charge in [-0.1, -0.05) is 18.9 Å². The summed E-state index contributed by atoms with van der Waals surface area (Å²) in [5, 5.41) is 2.40. The van der Waals surface area contributed by atoms with Crippen molar-refractivity contribution >= 4 is 29.4 Å². The van der Waals surface area contributed by atoms with E-state index in [1.165, 1.54) is 25.1 Å². The summed E-state index contributed by atoms with van der Waals surface area (Å²) < 4.78 is 18.0. The highest BCUT2D eigenvalue weighted by Crippen LogP contribution is 2.38. The van der Waals surface area contributed by atoms with Crippen molar-refractivity contribution in [2.45, 2.75) is 38.6 Å². The average Bonchev–Trinajstić information content (AvgIpc) is 2.90. The lowest BCUT2D eigenvalue weighted by atomic mass is 9.81. The Morgan fingerprint density at radius 1 is 1.22 bits per heavy atom. The number of likely N-dealkylation sites (tertiary alicyclic amines) is 1. The van der Waals surface area contributed by atoms with Gasteiger partial charge >= 0.3 is 5.97 Å². The van der Waals surface area contributed by atoms with Crippen LogP contribution in [0.3, 0.4) is 0 Å². The largest absolute Gasteiger partial charge is 0.454 e. The molecule has 1 heterocycles. The van der Waals surface area contributed by atoms with Crippen LogP contribution in [0.5, 0.6) is 0 Å². The predicted molar refractivity (Wildman–Crippen MR) is 92.8 cm³/mol. The maximum absolute atomic E-state index is 13.1. The number of anilines is 1. The number of carbonyl (C=O) groups is 4. The van der Waals surface area contributed by atoms with Crippen LogP contribution in [0, 0.1) is 17.7 Å². The number of benzene rings is 1. The first-order chi connectivity index (χ1) is 12.9. The van der Waals surface area contributed by atoms with Crippen molar-refractivity contribution in [3.05, 3.63) is 30.1 Å². The van der Waals surface area contributed by atoms with Crippen LogP contribution in [0.2, 0.25) is 0 Å². The Balaban J connectivity index is 1.55. The molecule has 1 aliphatic carbocycles. The topological polar surface area (TPSA) is 92.8 Å². The molecular formula is C19H21FN2O5. The number of rotatable bonds is 5. The molecule has 2 fully saturated rings. The van der Waals surface area contributed by atoms with E-state index >= 15 is 0 Å². The van der Waals surface area contributed by atoms with E-state index in [2.05, 4.69) is 5.32 Å². The summed E-state index contributed by atoms with van der Waals surface area (Å²) in [6.07, 6.45) is 3.10. The molecule has 1 N–H and O–H groups in total. The fourth-order valence-corrected chi connectivity index (χ4v) is 3.70. The second kappa shape index (κ2) is 7.85. The number of hydrogen-bond donors (Lipinski definition) is 1. The monoisotopic (exact) mass is 376 g/mol. The lowest BCUT2D eigenvalue weighted by Crippen LogP contribution is -2.45. The van der Waals surface area contributed by atoms with E-state index in [1.807, 2.05) is 0 Å². The van der Waals surface area contributed by atoms with Gasteiger partial charge in [-0.05, 0) is 38.0 Å². The van der Waals surface area contributed by atoms with Gasteiger partial charge < -0.3 is 10.1 Å². The van der Waals surface area contributed by atoms with E-state index in [-0.39, 0.29) is 29.3 Å². The summed E-state index contributed by atoms with van der Waals surface area (Å²) in [6.45, 7) is 0.822. The normalized spacial score (nSPS) is 23.0. The maximum atomic E-state index is 13.1. The highest BCUT2D eigenvalue weighted by Gasteiger charge is 2.51. The molecule has 1 aromatic rings. The van der Waals surface area contributed by atoms with Crippen molar-refractivity contribution in [2.24, 2.45) is 11.8 Å². The van der Waals surface area contributed by atoms with Gasteiger partial charge in [-0.15, -0.1) is 0 Å². The number of nitrogens with zero attached hydrogens (tertiary/aromatic N) is 1. The van der Waals surface area contributed by atoms with Gasteiger partial charge in [-0.3, -0.25) is 19.3 Å². The molecule has 2 aliphatic rings. The number of fused-ring (bicyclic) bond motifs is 1. The first kappa shape index (κ1) is 19.0. The molecule has 0 bridgehead atoms. The van der Waals surface area contributed by atoms with E-state index in [0.29, 0.717) is 12.8 Å². The molecule has 8 heteroatoms. The van der Waals surface area contributed by atoms with Crippen LogP contribution in [0.1, 0.15) is 32.6 Å². The minimum Gasteiger partial charge on any atom is -0.454 e. The number of ether oxygens (including phenoxy) is 1. The summed E-state index contributed by atoms with van der Waals surface area (Å²) in [5.41, 5.74) is 0.234. The van der Waals surface area contributed by atoms with Gasteiger partial charge in [-0.25, -0.2) is 9.18 Å². The van der Waals surface area contributed by atoms with Crippen molar-refractivity contribution in [1.82, 2.24) is 4.90 Å². The van der Waals surface area contributed by atoms with Crippen molar-refractivity contribution in [3.63, 3.8) is 0 Å². The zero-order valence-corrected chi connectivity index (χ0v) is 14.9. The number of halogens is 1.